The highest BCUT2D eigenvalue weighted by Crippen LogP contribution is 2.64. The lowest BCUT2D eigenvalue weighted by molar-refractivity contribution is -0.192. The second-order valence-corrected chi connectivity index (χ2v) is 14.4. The van der Waals surface area contributed by atoms with Crippen molar-refractivity contribution in [1.82, 2.24) is 0 Å². The molecule has 3 aliphatic carbocycles. The summed E-state index contributed by atoms with van der Waals surface area (Å²) in [6.45, 7) is 16.6. The van der Waals surface area contributed by atoms with Crippen molar-refractivity contribution in [2.24, 2.45) is 28.6 Å². The van der Waals surface area contributed by atoms with Crippen LogP contribution in [0.1, 0.15) is 106 Å². The van der Waals surface area contributed by atoms with Crippen LogP contribution in [0.5, 0.6) is 5.75 Å². The number of hydrogen-bond donors (Lipinski definition) is 2. The zero-order valence-corrected chi connectivity index (χ0v) is 27.1. The molecule has 0 saturated heterocycles. The van der Waals surface area contributed by atoms with E-state index in [1.54, 1.807) is 13.8 Å². The monoisotopic (exact) mass is 594 g/mol. The van der Waals surface area contributed by atoms with Gasteiger partial charge in [-0.3, -0.25) is 19.2 Å². The number of allylic oxidation sites excluding steroid dienone is 1. The van der Waals surface area contributed by atoms with Gasteiger partial charge in [-0.1, -0.05) is 76.7 Å². The van der Waals surface area contributed by atoms with Crippen LogP contribution in [-0.4, -0.2) is 38.9 Å². The van der Waals surface area contributed by atoms with Gasteiger partial charge in [0.05, 0.1) is 22.6 Å². The van der Waals surface area contributed by atoms with Gasteiger partial charge in [-0.2, -0.15) is 0 Å². The van der Waals surface area contributed by atoms with Gasteiger partial charge in [-0.15, -0.1) is 0 Å². The Morgan fingerprint density at radius 3 is 2.16 bits per heavy atom. The number of rotatable bonds is 3. The number of ketones is 4. The largest absolute Gasteiger partial charge is 0.506 e. The van der Waals surface area contributed by atoms with E-state index in [2.05, 4.69) is 11.8 Å². The Labute approximate surface area is 260 Å². The Morgan fingerprint density at radius 2 is 1.61 bits per heavy atom. The minimum atomic E-state index is -2.56. The van der Waals surface area contributed by atoms with Crippen molar-refractivity contribution < 1.29 is 29.4 Å². The molecule has 1 saturated carbocycles. The summed E-state index contributed by atoms with van der Waals surface area (Å²) < 4.78 is 0. The average molecular weight is 595 g/mol. The molecule has 2 aromatic rings. The number of phenols is 1. The third kappa shape index (κ3) is 4.27. The minimum absolute atomic E-state index is 0.00740. The molecule has 5 atom stereocenters. The third-order valence-electron chi connectivity index (χ3n) is 10.6. The number of aliphatic hydroxyl groups is 1. The van der Waals surface area contributed by atoms with Gasteiger partial charge in [0.25, 0.3) is 0 Å². The summed E-state index contributed by atoms with van der Waals surface area (Å²) in [6.07, 6.45) is 0.521. The molecule has 6 nitrogen and oxygen atoms in total. The number of Topliss-reactive ketones (excluding diaryl/α,β-unsaturated/α-hetero) is 4. The molecule has 0 heterocycles. The molecule has 2 aromatic carbocycles. The minimum Gasteiger partial charge on any atom is -0.506 e. The van der Waals surface area contributed by atoms with Gasteiger partial charge in [-0.25, -0.2) is 0 Å². The van der Waals surface area contributed by atoms with Crippen molar-refractivity contribution in [2.45, 2.75) is 86.7 Å². The van der Waals surface area contributed by atoms with Crippen molar-refractivity contribution in [3.8, 4) is 17.6 Å². The van der Waals surface area contributed by atoms with Crippen LogP contribution in [-0.2, 0) is 20.8 Å². The molecule has 0 radical (unpaired) electrons. The van der Waals surface area contributed by atoms with Crippen molar-refractivity contribution >= 4 is 23.1 Å². The standard InChI is InChI=1S/C38H42O6/c1-19(2)26-16-25(15-14-24-12-10-21(5)11-13-24)32(40)29-27(26)17-36(8)18-37(9)30(20(3)4)22(6)28(23(7)39)34(42)38(37,44)35(43)31(36)33(29)41/h10-13,16,19-20,30-31,40,44H,17-18H2,1-9H3/t30-,31?,36+,37+,38-/m1/s1. The predicted molar refractivity (Wildman–Crippen MR) is 168 cm³/mol. The van der Waals surface area contributed by atoms with E-state index in [4.69, 9.17) is 0 Å². The quantitative estimate of drug-likeness (QED) is 0.254. The van der Waals surface area contributed by atoms with Gasteiger partial charge >= 0.3 is 0 Å². The fraction of sp³-hybridized carbons (Fsp3) is 0.474. The van der Waals surface area contributed by atoms with E-state index in [1.165, 1.54) is 6.92 Å². The van der Waals surface area contributed by atoms with Crippen LogP contribution in [0.2, 0.25) is 0 Å². The van der Waals surface area contributed by atoms with Gasteiger partial charge in [-0.05, 0) is 86.1 Å². The van der Waals surface area contributed by atoms with Crippen molar-refractivity contribution in [1.29, 1.82) is 0 Å². The summed E-state index contributed by atoms with van der Waals surface area (Å²) in [7, 11) is 0. The van der Waals surface area contributed by atoms with Crippen LogP contribution in [0.3, 0.4) is 0 Å². The van der Waals surface area contributed by atoms with E-state index in [-0.39, 0.29) is 40.7 Å². The molecule has 3 aliphatic rings. The normalized spacial score (nSPS) is 29.7. The summed E-state index contributed by atoms with van der Waals surface area (Å²) in [5.74, 6) is 0.961. The van der Waals surface area contributed by atoms with Crippen LogP contribution >= 0.6 is 0 Å². The van der Waals surface area contributed by atoms with Crippen molar-refractivity contribution in [3.63, 3.8) is 0 Å². The topological polar surface area (TPSA) is 109 Å². The highest BCUT2D eigenvalue weighted by atomic mass is 16.3. The Balaban J connectivity index is 1.73. The highest BCUT2D eigenvalue weighted by molar-refractivity contribution is 6.33. The second kappa shape index (κ2) is 10.4. The molecule has 230 valence electrons. The smallest absolute Gasteiger partial charge is 0.206 e. The van der Waals surface area contributed by atoms with Crippen molar-refractivity contribution in [2.75, 3.05) is 0 Å². The summed E-state index contributed by atoms with van der Waals surface area (Å²) in [5.41, 5.74) is -0.595. The number of benzene rings is 2. The number of hydrogen-bond acceptors (Lipinski definition) is 6. The molecule has 1 fully saturated rings. The van der Waals surface area contributed by atoms with E-state index in [0.29, 0.717) is 17.6 Å². The molecule has 0 aliphatic heterocycles. The molecule has 0 aromatic heterocycles. The maximum atomic E-state index is 14.6. The van der Waals surface area contributed by atoms with Gasteiger partial charge < -0.3 is 10.2 Å². The van der Waals surface area contributed by atoms with Crippen LogP contribution in [0.15, 0.2) is 41.5 Å². The number of fused-ring (bicyclic) bond motifs is 3. The predicted octanol–water partition coefficient (Wildman–Crippen LogP) is 6.06. The number of aromatic hydroxyl groups is 1. The summed E-state index contributed by atoms with van der Waals surface area (Å²) >= 11 is 0. The van der Waals surface area contributed by atoms with E-state index in [1.807, 2.05) is 71.9 Å². The Bertz CT molecular complexity index is 1730. The van der Waals surface area contributed by atoms with Crippen LogP contribution in [0.4, 0.5) is 0 Å². The fourth-order valence-electron chi connectivity index (χ4n) is 8.97. The zero-order chi connectivity index (χ0) is 32.7. The molecule has 2 N–H and O–H groups in total. The first-order valence-corrected chi connectivity index (χ1v) is 15.5. The SMILES string of the molecule is CC(=O)C1=C(C)[C@@H](C(C)C)[C@]2(C)C[C@]3(C)Cc4c(C(C)C)cc(C#Cc5ccc(C)cc5)c(O)c4C(=O)C3C(=O)[C@]2(O)C1=O. The fourth-order valence-corrected chi connectivity index (χ4v) is 8.97. The first-order valence-electron chi connectivity index (χ1n) is 15.5. The molecule has 5 rings (SSSR count). The van der Waals surface area contributed by atoms with E-state index < -0.39 is 51.4 Å². The molecule has 44 heavy (non-hydrogen) atoms. The van der Waals surface area contributed by atoms with Crippen molar-refractivity contribution in [3.05, 3.63) is 74.9 Å². The first-order chi connectivity index (χ1) is 20.4. The first kappa shape index (κ1) is 31.6. The molecular formula is C38H42O6. The van der Waals surface area contributed by atoms with E-state index >= 15 is 0 Å². The van der Waals surface area contributed by atoms with Crippen LogP contribution in [0, 0.1) is 47.3 Å². The lowest BCUT2D eigenvalue weighted by Gasteiger charge is -2.62. The Kier molecular flexibility index (Phi) is 7.45. The average Bonchev–Trinajstić information content (AvgIpc) is 2.90. The Morgan fingerprint density at radius 1 is 1.00 bits per heavy atom. The molecule has 0 spiro atoms. The lowest BCUT2D eigenvalue weighted by Crippen LogP contribution is -2.73. The molecular weight excluding hydrogens is 552 g/mol. The van der Waals surface area contributed by atoms with Crippen LogP contribution in [0.25, 0.3) is 0 Å². The Hall–Kier alpha value is -3.82. The number of carbonyl (C=O) groups is 4. The molecule has 0 bridgehead atoms. The van der Waals surface area contributed by atoms with E-state index in [9.17, 15) is 29.4 Å². The second-order valence-electron chi connectivity index (χ2n) is 14.4. The summed E-state index contributed by atoms with van der Waals surface area (Å²) in [6, 6.07) is 9.49. The number of aryl methyl sites for hydroxylation is 1. The van der Waals surface area contributed by atoms with Gasteiger partial charge in [0.1, 0.15) is 5.75 Å². The van der Waals surface area contributed by atoms with Gasteiger partial charge in [0.15, 0.2) is 23.0 Å². The van der Waals surface area contributed by atoms with Crippen LogP contribution < -0.4 is 0 Å². The summed E-state index contributed by atoms with van der Waals surface area (Å²) in [5, 5.41) is 23.9. The zero-order valence-electron chi connectivity index (χ0n) is 27.1. The lowest BCUT2D eigenvalue weighted by atomic mass is 9.40. The van der Waals surface area contributed by atoms with Gasteiger partial charge in [0.2, 0.25) is 5.78 Å². The third-order valence-corrected chi connectivity index (χ3v) is 10.6. The van der Waals surface area contributed by atoms with Gasteiger partial charge in [0, 0.05) is 11.0 Å². The molecule has 6 heteroatoms. The number of phenolic OH excluding ortho intramolecular Hbond substituents is 1. The maximum absolute atomic E-state index is 14.6. The number of carbonyl (C=O) groups excluding carboxylic acids is 4. The molecule has 1 unspecified atom stereocenters. The van der Waals surface area contributed by atoms with E-state index in [0.717, 1.165) is 16.7 Å². The maximum Gasteiger partial charge on any atom is 0.206 e. The highest BCUT2D eigenvalue weighted by Gasteiger charge is 2.73. The molecule has 0 amide bonds. The summed E-state index contributed by atoms with van der Waals surface area (Å²) in [4.78, 5) is 55.9.